The predicted molar refractivity (Wildman–Crippen MR) is 144 cm³/mol. The molecular weight excluding hydrogens is 487 g/mol. The topological polar surface area (TPSA) is 75.6 Å². The molecule has 0 radical (unpaired) electrons. The van der Waals surface area contributed by atoms with E-state index in [1.165, 1.54) is 6.07 Å². The van der Waals surface area contributed by atoms with Gasteiger partial charge in [-0.15, -0.1) is 0 Å². The maximum Gasteiger partial charge on any atom is 0.132 e. The van der Waals surface area contributed by atoms with Crippen LogP contribution in [0.5, 0.6) is 5.75 Å². The first-order valence-corrected chi connectivity index (χ1v) is 13.0. The first-order chi connectivity index (χ1) is 18.8. The average Bonchev–Trinajstić information content (AvgIpc) is 2.98. The van der Waals surface area contributed by atoms with Crippen LogP contribution in [0.15, 0.2) is 53.8 Å². The summed E-state index contributed by atoms with van der Waals surface area (Å²) in [4.78, 5) is 20.4. The third-order valence-electron chi connectivity index (χ3n) is 7.03. The number of anilines is 3. The fraction of sp³-hybridized carbons (Fsp3) is 0.393. The summed E-state index contributed by atoms with van der Waals surface area (Å²) in [6.45, 7) is 8.05. The van der Waals surface area contributed by atoms with Gasteiger partial charge in [-0.25, -0.2) is 9.37 Å². The summed E-state index contributed by atoms with van der Waals surface area (Å²) in [7, 11) is 0. The molecule has 3 aliphatic rings. The number of halogens is 1. The van der Waals surface area contributed by atoms with Crippen LogP contribution >= 0.6 is 0 Å². The Morgan fingerprint density at radius 3 is 2.53 bits per heavy atom. The van der Waals surface area contributed by atoms with Crippen molar-refractivity contribution in [1.82, 2.24) is 14.9 Å². The van der Waals surface area contributed by atoms with E-state index in [4.69, 9.17) is 19.2 Å². The van der Waals surface area contributed by atoms with Gasteiger partial charge in [0.1, 0.15) is 30.7 Å². The Balaban J connectivity index is 1.26. The van der Waals surface area contributed by atoms with Crippen molar-refractivity contribution >= 4 is 23.4 Å². The van der Waals surface area contributed by atoms with Gasteiger partial charge in [0.05, 0.1) is 49.7 Å². The summed E-state index contributed by atoms with van der Waals surface area (Å²) < 4.78 is 32.1. The molecule has 0 amide bonds. The van der Waals surface area contributed by atoms with Gasteiger partial charge in [-0.1, -0.05) is 0 Å². The molecule has 198 valence electrons. The van der Waals surface area contributed by atoms with Crippen LogP contribution in [0.25, 0.3) is 11.3 Å². The maximum absolute atomic E-state index is 15.2. The molecule has 2 aromatic heterocycles. The molecule has 3 aromatic rings. The van der Waals surface area contributed by atoms with E-state index in [0.29, 0.717) is 43.5 Å². The molecular formula is C28H31FN6O3. The normalized spacial score (nSPS) is 17.9. The van der Waals surface area contributed by atoms with Crippen molar-refractivity contribution in [2.75, 3.05) is 82.2 Å². The largest absolute Gasteiger partial charge is 0.492 e. The van der Waals surface area contributed by atoms with Gasteiger partial charge < -0.3 is 24.0 Å². The number of fused-ring (bicyclic) bond motifs is 1. The van der Waals surface area contributed by atoms with Crippen LogP contribution in [0, 0.1) is 5.82 Å². The van der Waals surface area contributed by atoms with Gasteiger partial charge in [-0.05, 0) is 36.4 Å². The Morgan fingerprint density at radius 1 is 0.921 bits per heavy atom. The van der Waals surface area contributed by atoms with Gasteiger partial charge in [-0.2, -0.15) is 0 Å². The molecule has 2 saturated heterocycles. The highest BCUT2D eigenvalue weighted by molar-refractivity contribution is 5.97. The minimum atomic E-state index is -0.352. The number of benzene rings is 1. The molecule has 6 rings (SSSR count). The highest BCUT2D eigenvalue weighted by Crippen LogP contribution is 2.39. The SMILES string of the molecule is Fc1ccc(OCCN2CCOCC2)cc1-c1nccc2c1N(c1ccc(N3CCOCC3)nc1)CN=C2. The summed E-state index contributed by atoms with van der Waals surface area (Å²) in [6, 6.07) is 10.8. The number of pyridine rings is 2. The fourth-order valence-electron chi connectivity index (χ4n) is 4.97. The molecule has 1 aromatic carbocycles. The van der Waals surface area contributed by atoms with Crippen LogP contribution in [0.2, 0.25) is 0 Å². The van der Waals surface area contributed by atoms with E-state index >= 15 is 4.39 Å². The van der Waals surface area contributed by atoms with Crippen LogP contribution in [0.3, 0.4) is 0 Å². The summed E-state index contributed by atoms with van der Waals surface area (Å²) in [5.41, 5.74) is 3.47. The summed E-state index contributed by atoms with van der Waals surface area (Å²) >= 11 is 0. The first kappa shape index (κ1) is 24.7. The summed E-state index contributed by atoms with van der Waals surface area (Å²) in [5, 5.41) is 0. The number of aliphatic imine (C=N–C) groups is 1. The predicted octanol–water partition coefficient (Wildman–Crippen LogP) is 3.36. The van der Waals surface area contributed by atoms with Crippen LogP contribution in [0.1, 0.15) is 5.56 Å². The highest BCUT2D eigenvalue weighted by Gasteiger charge is 2.24. The lowest BCUT2D eigenvalue weighted by Crippen LogP contribution is -2.38. The second-order valence-corrected chi connectivity index (χ2v) is 9.40. The smallest absolute Gasteiger partial charge is 0.132 e. The molecule has 3 aliphatic heterocycles. The average molecular weight is 519 g/mol. The lowest BCUT2D eigenvalue weighted by molar-refractivity contribution is 0.0322. The number of rotatable bonds is 7. The third kappa shape index (κ3) is 5.33. The zero-order valence-electron chi connectivity index (χ0n) is 21.3. The van der Waals surface area contributed by atoms with Gasteiger partial charge >= 0.3 is 0 Å². The van der Waals surface area contributed by atoms with E-state index in [9.17, 15) is 0 Å². The lowest BCUT2D eigenvalue weighted by atomic mass is 10.0. The zero-order chi connectivity index (χ0) is 25.7. The molecule has 2 fully saturated rings. The molecule has 9 nitrogen and oxygen atoms in total. The van der Waals surface area contributed by atoms with Gasteiger partial charge in [-0.3, -0.25) is 14.9 Å². The molecule has 0 aliphatic carbocycles. The van der Waals surface area contributed by atoms with E-state index in [1.807, 2.05) is 35.5 Å². The molecule has 0 atom stereocenters. The zero-order valence-corrected chi connectivity index (χ0v) is 21.3. The Labute approximate surface area is 221 Å². The van der Waals surface area contributed by atoms with Crippen LogP contribution in [-0.4, -0.2) is 93.5 Å². The van der Waals surface area contributed by atoms with E-state index in [2.05, 4.69) is 19.8 Å². The van der Waals surface area contributed by atoms with E-state index < -0.39 is 0 Å². The minimum absolute atomic E-state index is 0.352. The molecule has 0 N–H and O–H groups in total. The molecule has 5 heterocycles. The van der Waals surface area contributed by atoms with Gasteiger partial charge in [0.15, 0.2) is 0 Å². The monoisotopic (exact) mass is 518 g/mol. The first-order valence-electron chi connectivity index (χ1n) is 13.0. The summed E-state index contributed by atoms with van der Waals surface area (Å²) in [5.74, 6) is 1.17. The van der Waals surface area contributed by atoms with Gasteiger partial charge in [0.2, 0.25) is 0 Å². The van der Waals surface area contributed by atoms with E-state index in [1.54, 1.807) is 18.3 Å². The number of nitrogens with zero attached hydrogens (tertiary/aromatic N) is 6. The number of morpholine rings is 2. The lowest BCUT2D eigenvalue weighted by Gasteiger charge is -2.31. The molecule has 0 unspecified atom stereocenters. The minimum Gasteiger partial charge on any atom is -0.492 e. The van der Waals surface area contributed by atoms with Crippen molar-refractivity contribution in [1.29, 1.82) is 0 Å². The molecule has 38 heavy (non-hydrogen) atoms. The molecule has 0 spiro atoms. The highest BCUT2D eigenvalue weighted by atomic mass is 19.1. The Kier molecular flexibility index (Phi) is 7.43. The number of ether oxygens (including phenoxy) is 3. The second kappa shape index (κ2) is 11.4. The third-order valence-corrected chi connectivity index (χ3v) is 7.03. The van der Waals surface area contributed by atoms with Crippen molar-refractivity contribution in [2.24, 2.45) is 4.99 Å². The van der Waals surface area contributed by atoms with Crippen LogP contribution < -0.4 is 14.5 Å². The molecule has 0 bridgehead atoms. The quantitative estimate of drug-likeness (QED) is 0.472. The Morgan fingerprint density at radius 2 is 1.74 bits per heavy atom. The molecule has 0 saturated carbocycles. The summed E-state index contributed by atoms with van der Waals surface area (Å²) in [6.07, 6.45) is 5.34. The van der Waals surface area contributed by atoms with Crippen molar-refractivity contribution in [2.45, 2.75) is 0 Å². The van der Waals surface area contributed by atoms with Gasteiger partial charge in [0.25, 0.3) is 0 Å². The fourth-order valence-corrected chi connectivity index (χ4v) is 4.97. The van der Waals surface area contributed by atoms with Crippen molar-refractivity contribution in [3.05, 3.63) is 60.2 Å². The number of hydrogen-bond acceptors (Lipinski definition) is 9. The Bertz CT molecular complexity index is 1280. The van der Waals surface area contributed by atoms with E-state index in [-0.39, 0.29) is 5.82 Å². The number of hydrogen-bond donors (Lipinski definition) is 0. The van der Waals surface area contributed by atoms with Gasteiger partial charge in [0, 0.05) is 56.3 Å². The van der Waals surface area contributed by atoms with Crippen LogP contribution in [0.4, 0.5) is 21.6 Å². The maximum atomic E-state index is 15.2. The Hall–Kier alpha value is -3.60. The van der Waals surface area contributed by atoms with Crippen molar-refractivity contribution in [3.8, 4) is 17.0 Å². The van der Waals surface area contributed by atoms with Crippen molar-refractivity contribution < 1.29 is 18.6 Å². The van der Waals surface area contributed by atoms with Crippen molar-refractivity contribution in [3.63, 3.8) is 0 Å². The molecule has 10 heteroatoms. The van der Waals surface area contributed by atoms with E-state index in [0.717, 1.165) is 68.7 Å². The second-order valence-electron chi connectivity index (χ2n) is 9.40. The standard InChI is InChI=1S/C28H31FN6O3/c29-25-3-2-23(38-16-9-33-7-12-36-13-8-33)17-24(25)27-28-21(5-6-31-27)18-30-20-35(28)22-1-4-26(32-19-22)34-10-14-37-15-11-34/h1-6,17-19H,7-16,20H2. The number of aromatic nitrogens is 2. The van der Waals surface area contributed by atoms with Crippen LogP contribution in [-0.2, 0) is 9.47 Å².